The lowest BCUT2D eigenvalue weighted by molar-refractivity contribution is -0.119. The molecule has 0 spiro atoms. The van der Waals surface area contributed by atoms with Gasteiger partial charge in [0.1, 0.15) is 0 Å². The number of carbonyl (C=O) groups is 2. The summed E-state index contributed by atoms with van der Waals surface area (Å²) in [7, 11) is 0. The van der Waals surface area contributed by atoms with Gasteiger partial charge in [0.15, 0.2) is 6.61 Å². The summed E-state index contributed by atoms with van der Waals surface area (Å²) in [5, 5.41) is 2.87. The molecule has 0 aliphatic rings. The number of fused-ring (bicyclic) bond motifs is 1. The molecule has 26 heavy (non-hydrogen) atoms. The average molecular weight is 368 g/mol. The van der Waals surface area contributed by atoms with Crippen LogP contribution in [0.1, 0.15) is 41.3 Å². The number of nitrogens with zero attached hydrogens (tertiary/aromatic N) is 1. The fourth-order valence-corrected chi connectivity index (χ4v) is 3.43. The van der Waals surface area contributed by atoms with Crippen molar-refractivity contribution in [3.8, 4) is 0 Å². The minimum absolute atomic E-state index is 0.277. The van der Waals surface area contributed by atoms with Crippen molar-refractivity contribution in [2.45, 2.75) is 26.7 Å². The van der Waals surface area contributed by atoms with Gasteiger partial charge in [0.2, 0.25) is 0 Å². The van der Waals surface area contributed by atoms with E-state index < -0.39 is 5.97 Å². The molecule has 0 fully saturated rings. The molecular formula is C20H20N2O3S. The number of ether oxygens (including phenoxy) is 1. The second-order valence-electron chi connectivity index (χ2n) is 6.35. The average Bonchev–Trinajstić information content (AvgIpc) is 3.08. The molecule has 2 aromatic carbocycles. The van der Waals surface area contributed by atoms with E-state index in [2.05, 4.69) is 24.1 Å². The molecule has 0 unspecified atom stereocenters. The Morgan fingerprint density at radius 1 is 1.23 bits per heavy atom. The third-order valence-electron chi connectivity index (χ3n) is 4.09. The molecule has 0 bridgehead atoms. The summed E-state index contributed by atoms with van der Waals surface area (Å²) < 4.78 is 6.07. The van der Waals surface area contributed by atoms with Crippen LogP contribution in [0.2, 0.25) is 0 Å². The van der Waals surface area contributed by atoms with E-state index in [1.165, 1.54) is 11.3 Å². The SMILES string of the molecule is Cc1cccc(C(C)C)c1NC(=O)COC(=O)c1ccc2ncsc2c1. The minimum atomic E-state index is -0.524. The largest absolute Gasteiger partial charge is 0.452 e. The number of benzene rings is 2. The van der Waals surface area contributed by atoms with E-state index in [4.69, 9.17) is 4.74 Å². The maximum absolute atomic E-state index is 12.3. The maximum Gasteiger partial charge on any atom is 0.338 e. The first-order chi connectivity index (χ1) is 12.5. The van der Waals surface area contributed by atoms with Gasteiger partial charge in [-0.1, -0.05) is 32.0 Å². The normalized spacial score (nSPS) is 10.9. The second-order valence-corrected chi connectivity index (χ2v) is 7.24. The van der Waals surface area contributed by atoms with Crippen molar-refractivity contribution in [1.82, 2.24) is 4.98 Å². The van der Waals surface area contributed by atoms with Gasteiger partial charge in [-0.15, -0.1) is 11.3 Å². The molecular weight excluding hydrogens is 348 g/mol. The van der Waals surface area contributed by atoms with Crippen LogP contribution < -0.4 is 5.32 Å². The number of amides is 1. The Morgan fingerprint density at radius 2 is 2.04 bits per heavy atom. The van der Waals surface area contributed by atoms with Gasteiger partial charge in [0.05, 0.1) is 21.3 Å². The van der Waals surface area contributed by atoms with E-state index in [-0.39, 0.29) is 18.4 Å². The molecule has 0 atom stereocenters. The zero-order chi connectivity index (χ0) is 18.7. The van der Waals surface area contributed by atoms with Crippen LogP contribution in [0.4, 0.5) is 5.69 Å². The number of carbonyl (C=O) groups excluding carboxylic acids is 2. The summed E-state index contributed by atoms with van der Waals surface area (Å²) in [6.45, 7) is 5.75. The molecule has 5 nitrogen and oxygen atoms in total. The number of para-hydroxylation sites is 1. The number of hydrogen-bond acceptors (Lipinski definition) is 5. The fourth-order valence-electron chi connectivity index (χ4n) is 2.71. The van der Waals surface area contributed by atoms with Crippen LogP contribution in [0.15, 0.2) is 41.9 Å². The number of nitrogens with one attached hydrogen (secondary N) is 1. The molecule has 1 amide bonds. The molecule has 134 valence electrons. The van der Waals surface area contributed by atoms with Gasteiger partial charge in [-0.05, 0) is 42.2 Å². The van der Waals surface area contributed by atoms with Gasteiger partial charge in [-0.25, -0.2) is 9.78 Å². The summed E-state index contributed by atoms with van der Waals surface area (Å²) in [6, 6.07) is 11.0. The van der Waals surface area contributed by atoms with Crippen LogP contribution in [0.3, 0.4) is 0 Å². The van der Waals surface area contributed by atoms with Crippen LogP contribution in [0, 0.1) is 6.92 Å². The Morgan fingerprint density at radius 3 is 2.81 bits per heavy atom. The number of thiazole rings is 1. The van der Waals surface area contributed by atoms with Crippen LogP contribution in [0.25, 0.3) is 10.2 Å². The highest BCUT2D eigenvalue weighted by atomic mass is 32.1. The highest BCUT2D eigenvalue weighted by Crippen LogP contribution is 2.27. The van der Waals surface area contributed by atoms with Gasteiger partial charge < -0.3 is 10.1 Å². The smallest absolute Gasteiger partial charge is 0.338 e. The van der Waals surface area contributed by atoms with E-state index in [9.17, 15) is 9.59 Å². The van der Waals surface area contributed by atoms with Crippen molar-refractivity contribution in [2.75, 3.05) is 11.9 Å². The van der Waals surface area contributed by atoms with Gasteiger partial charge in [0.25, 0.3) is 5.91 Å². The molecule has 0 saturated carbocycles. The summed E-state index contributed by atoms with van der Waals surface area (Å²) in [5.74, 6) is -0.600. The molecule has 0 radical (unpaired) electrons. The standard InChI is InChI=1S/C20H20N2O3S/c1-12(2)15-6-4-5-13(3)19(15)22-18(23)10-25-20(24)14-7-8-16-17(9-14)26-11-21-16/h4-9,11-12H,10H2,1-3H3,(H,22,23). The molecule has 6 heteroatoms. The molecule has 1 heterocycles. The third kappa shape index (κ3) is 3.91. The predicted octanol–water partition coefficient (Wildman–Crippen LogP) is 4.52. The first kappa shape index (κ1) is 18.1. The maximum atomic E-state index is 12.3. The van der Waals surface area contributed by atoms with Crippen molar-refractivity contribution in [3.63, 3.8) is 0 Å². The van der Waals surface area contributed by atoms with E-state index in [0.717, 1.165) is 27.0 Å². The highest BCUT2D eigenvalue weighted by molar-refractivity contribution is 7.16. The van der Waals surface area contributed by atoms with E-state index in [0.29, 0.717) is 5.56 Å². The Balaban J connectivity index is 1.65. The first-order valence-corrected chi connectivity index (χ1v) is 9.23. The van der Waals surface area contributed by atoms with Crippen molar-refractivity contribution in [3.05, 3.63) is 58.6 Å². The summed E-state index contributed by atoms with van der Waals surface area (Å²) in [4.78, 5) is 28.6. The quantitative estimate of drug-likeness (QED) is 0.672. The zero-order valence-corrected chi connectivity index (χ0v) is 15.7. The fraction of sp³-hybridized carbons (Fsp3) is 0.250. The lowest BCUT2D eigenvalue weighted by atomic mass is 9.98. The molecule has 3 rings (SSSR count). The molecule has 0 saturated heterocycles. The summed E-state index contributed by atoms with van der Waals surface area (Å²) >= 11 is 1.45. The van der Waals surface area contributed by atoms with Crippen molar-refractivity contribution in [2.24, 2.45) is 0 Å². The van der Waals surface area contributed by atoms with Crippen LogP contribution >= 0.6 is 11.3 Å². The van der Waals surface area contributed by atoms with Gasteiger partial charge in [0, 0.05) is 5.69 Å². The summed E-state index contributed by atoms with van der Waals surface area (Å²) in [6.07, 6.45) is 0. The summed E-state index contributed by atoms with van der Waals surface area (Å²) in [5.41, 5.74) is 5.79. The molecule has 1 aromatic heterocycles. The lowest BCUT2D eigenvalue weighted by Gasteiger charge is -2.16. The van der Waals surface area contributed by atoms with Crippen molar-refractivity contribution < 1.29 is 14.3 Å². The molecule has 1 N–H and O–H groups in total. The first-order valence-electron chi connectivity index (χ1n) is 8.35. The zero-order valence-electron chi connectivity index (χ0n) is 14.9. The van der Waals surface area contributed by atoms with E-state index >= 15 is 0 Å². The van der Waals surface area contributed by atoms with Crippen LogP contribution in [0.5, 0.6) is 0 Å². The second kappa shape index (κ2) is 7.66. The lowest BCUT2D eigenvalue weighted by Crippen LogP contribution is -2.22. The Labute approximate surface area is 156 Å². The Bertz CT molecular complexity index is 963. The van der Waals surface area contributed by atoms with E-state index in [1.807, 2.05) is 25.1 Å². The highest BCUT2D eigenvalue weighted by Gasteiger charge is 2.15. The predicted molar refractivity (Wildman–Crippen MR) is 104 cm³/mol. The molecule has 0 aliphatic heterocycles. The van der Waals surface area contributed by atoms with Gasteiger partial charge in [-0.3, -0.25) is 4.79 Å². The number of rotatable bonds is 5. The third-order valence-corrected chi connectivity index (χ3v) is 4.88. The Hall–Kier alpha value is -2.73. The van der Waals surface area contributed by atoms with Gasteiger partial charge >= 0.3 is 5.97 Å². The topological polar surface area (TPSA) is 68.3 Å². The number of hydrogen-bond donors (Lipinski definition) is 1. The van der Waals surface area contributed by atoms with E-state index in [1.54, 1.807) is 23.7 Å². The number of aromatic nitrogens is 1. The van der Waals surface area contributed by atoms with Gasteiger partial charge in [-0.2, -0.15) is 0 Å². The monoisotopic (exact) mass is 368 g/mol. The number of esters is 1. The number of aryl methyl sites for hydroxylation is 1. The number of anilines is 1. The van der Waals surface area contributed by atoms with Crippen molar-refractivity contribution >= 4 is 39.1 Å². The van der Waals surface area contributed by atoms with Crippen LogP contribution in [-0.2, 0) is 9.53 Å². The van der Waals surface area contributed by atoms with Crippen LogP contribution in [-0.4, -0.2) is 23.5 Å². The molecule has 0 aliphatic carbocycles. The minimum Gasteiger partial charge on any atom is -0.452 e. The van der Waals surface area contributed by atoms with Crippen molar-refractivity contribution in [1.29, 1.82) is 0 Å². The molecule has 3 aromatic rings. The Kier molecular flexibility index (Phi) is 5.32.